The third-order valence-corrected chi connectivity index (χ3v) is 2.04. The van der Waals surface area contributed by atoms with Gasteiger partial charge in [-0.3, -0.25) is 9.69 Å². The lowest BCUT2D eigenvalue weighted by atomic mass is 10.3. The number of carboxylic acids is 1. The number of hydrogen-bond acceptors (Lipinski definition) is 4. The summed E-state index contributed by atoms with van der Waals surface area (Å²) >= 11 is 0. The number of H-pyrrole nitrogens is 1. The zero-order valence-corrected chi connectivity index (χ0v) is 9.84. The summed E-state index contributed by atoms with van der Waals surface area (Å²) in [6.07, 6.45) is 4.03. The van der Waals surface area contributed by atoms with Gasteiger partial charge in [0.15, 0.2) is 0 Å². The van der Waals surface area contributed by atoms with Gasteiger partial charge in [-0.05, 0) is 21.0 Å². The number of rotatable bonds is 4. The van der Waals surface area contributed by atoms with E-state index in [4.69, 9.17) is 10.2 Å². The fourth-order valence-electron chi connectivity index (χ4n) is 0.761. The first-order chi connectivity index (χ1) is 7.49. The highest BCUT2D eigenvalue weighted by atomic mass is 16.4. The zero-order chi connectivity index (χ0) is 12.6. The standard InChI is InChI=1S/C5H8N2O.C5H11NO2/c8-4-1-5-6-2-3-7-5;1-4(5(7)8)6(2)3/h2-3,8H,1,4H2,(H,6,7);4H,1-3H3,(H,7,8). The van der Waals surface area contributed by atoms with Crippen molar-refractivity contribution in [2.24, 2.45) is 0 Å². The van der Waals surface area contributed by atoms with Gasteiger partial charge in [-0.1, -0.05) is 0 Å². The summed E-state index contributed by atoms with van der Waals surface area (Å²) < 4.78 is 0. The van der Waals surface area contributed by atoms with Crippen LogP contribution in [-0.4, -0.2) is 57.8 Å². The summed E-state index contributed by atoms with van der Waals surface area (Å²) in [5.41, 5.74) is 0. The van der Waals surface area contributed by atoms with Crippen LogP contribution in [0.5, 0.6) is 0 Å². The van der Waals surface area contributed by atoms with Gasteiger partial charge < -0.3 is 15.2 Å². The molecule has 0 radical (unpaired) electrons. The molecule has 16 heavy (non-hydrogen) atoms. The number of aromatic amines is 1. The van der Waals surface area contributed by atoms with Crippen molar-refractivity contribution >= 4 is 5.97 Å². The Morgan fingerprint density at radius 3 is 2.50 bits per heavy atom. The summed E-state index contributed by atoms with van der Waals surface area (Å²) in [4.78, 5) is 18.5. The minimum Gasteiger partial charge on any atom is -0.480 e. The van der Waals surface area contributed by atoms with E-state index in [-0.39, 0.29) is 12.6 Å². The van der Waals surface area contributed by atoms with Crippen molar-refractivity contribution in [1.82, 2.24) is 14.9 Å². The molecular weight excluding hydrogens is 210 g/mol. The van der Waals surface area contributed by atoms with E-state index in [1.807, 2.05) is 0 Å². The second kappa shape index (κ2) is 7.84. The predicted octanol–water partition coefficient (Wildman–Crippen LogP) is -0.0344. The van der Waals surface area contributed by atoms with Crippen LogP contribution in [0.2, 0.25) is 0 Å². The van der Waals surface area contributed by atoms with Gasteiger partial charge in [-0.25, -0.2) is 4.98 Å². The minimum absolute atomic E-state index is 0.160. The van der Waals surface area contributed by atoms with Gasteiger partial charge in [-0.15, -0.1) is 0 Å². The Morgan fingerprint density at radius 2 is 2.25 bits per heavy atom. The van der Waals surface area contributed by atoms with E-state index in [2.05, 4.69) is 9.97 Å². The Labute approximate surface area is 94.9 Å². The molecule has 92 valence electrons. The molecule has 6 heteroatoms. The number of aromatic nitrogens is 2. The normalized spacial score (nSPS) is 11.8. The monoisotopic (exact) mass is 229 g/mol. The number of imidazole rings is 1. The van der Waals surface area contributed by atoms with Crippen LogP contribution in [0.25, 0.3) is 0 Å². The number of aliphatic carboxylic acids is 1. The Morgan fingerprint density at radius 1 is 1.62 bits per heavy atom. The molecule has 1 rings (SSSR count). The van der Waals surface area contributed by atoms with E-state index in [9.17, 15) is 4.79 Å². The molecule has 6 nitrogen and oxygen atoms in total. The number of aliphatic hydroxyl groups excluding tert-OH is 1. The molecule has 1 aromatic rings. The first kappa shape index (κ1) is 14.6. The molecule has 0 saturated carbocycles. The largest absolute Gasteiger partial charge is 0.480 e. The van der Waals surface area contributed by atoms with E-state index in [1.54, 1.807) is 38.3 Å². The molecule has 1 heterocycles. The molecule has 0 saturated heterocycles. The maximum Gasteiger partial charge on any atom is 0.320 e. The molecule has 1 unspecified atom stereocenters. The lowest BCUT2D eigenvalue weighted by Crippen LogP contribution is -2.32. The summed E-state index contributed by atoms with van der Waals surface area (Å²) in [7, 11) is 3.47. The quantitative estimate of drug-likeness (QED) is 0.674. The van der Waals surface area contributed by atoms with Crippen LogP contribution in [0.3, 0.4) is 0 Å². The average Bonchev–Trinajstić information content (AvgIpc) is 2.70. The third kappa shape index (κ3) is 6.15. The maximum absolute atomic E-state index is 10.1. The summed E-state index contributed by atoms with van der Waals surface area (Å²) in [6.45, 7) is 1.80. The van der Waals surface area contributed by atoms with Gasteiger partial charge >= 0.3 is 5.97 Å². The van der Waals surface area contributed by atoms with Crippen LogP contribution in [-0.2, 0) is 11.2 Å². The summed E-state index contributed by atoms with van der Waals surface area (Å²) in [5.74, 6) is 0.0579. The number of nitrogens with zero attached hydrogens (tertiary/aromatic N) is 2. The first-order valence-corrected chi connectivity index (χ1v) is 4.97. The molecule has 1 atom stereocenters. The van der Waals surface area contributed by atoms with Gasteiger partial charge in [0.2, 0.25) is 0 Å². The van der Waals surface area contributed by atoms with Gasteiger partial charge in [0.25, 0.3) is 0 Å². The molecule has 0 aliphatic rings. The lowest BCUT2D eigenvalue weighted by Gasteiger charge is -2.13. The van der Waals surface area contributed by atoms with Crippen molar-refractivity contribution in [3.05, 3.63) is 18.2 Å². The van der Waals surface area contributed by atoms with Crippen LogP contribution < -0.4 is 0 Å². The average molecular weight is 229 g/mol. The molecule has 0 amide bonds. The third-order valence-electron chi connectivity index (χ3n) is 2.04. The molecule has 0 aromatic carbocycles. The van der Waals surface area contributed by atoms with Crippen LogP contribution in [0, 0.1) is 0 Å². The van der Waals surface area contributed by atoms with Crippen molar-refractivity contribution in [2.75, 3.05) is 20.7 Å². The minimum atomic E-state index is -0.782. The van der Waals surface area contributed by atoms with Gasteiger partial charge in [0.1, 0.15) is 11.9 Å². The van der Waals surface area contributed by atoms with Gasteiger partial charge in [0.05, 0.1) is 6.61 Å². The Kier molecular flexibility index (Phi) is 7.15. The van der Waals surface area contributed by atoms with Crippen molar-refractivity contribution in [2.45, 2.75) is 19.4 Å². The number of likely N-dealkylation sites (N-methyl/N-ethyl adjacent to an activating group) is 1. The topological polar surface area (TPSA) is 89.4 Å². The lowest BCUT2D eigenvalue weighted by molar-refractivity contribution is -0.141. The van der Waals surface area contributed by atoms with Crippen LogP contribution in [0.1, 0.15) is 12.7 Å². The number of nitrogens with one attached hydrogen (secondary N) is 1. The van der Waals surface area contributed by atoms with Crippen LogP contribution in [0.4, 0.5) is 0 Å². The van der Waals surface area contributed by atoms with Crippen LogP contribution in [0.15, 0.2) is 12.4 Å². The van der Waals surface area contributed by atoms with Crippen molar-refractivity contribution in [3.63, 3.8) is 0 Å². The molecule has 0 fully saturated rings. The number of carbonyl (C=O) groups is 1. The number of carboxylic acid groups (broad SMARTS) is 1. The maximum atomic E-state index is 10.1. The van der Waals surface area contributed by atoms with E-state index >= 15 is 0 Å². The van der Waals surface area contributed by atoms with E-state index in [1.165, 1.54) is 0 Å². The van der Waals surface area contributed by atoms with Gasteiger partial charge in [0, 0.05) is 18.8 Å². The summed E-state index contributed by atoms with van der Waals surface area (Å²) in [6, 6.07) is -0.380. The second-order valence-corrected chi connectivity index (χ2v) is 3.49. The SMILES string of the molecule is CC(C(=O)O)N(C)C.OCCc1ncc[nH]1. The first-order valence-electron chi connectivity index (χ1n) is 4.97. The molecule has 0 bridgehead atoms. The Hall–Kier alpha value is -1.40. The Balaban J connectivity index is 0.000000281. The van der Waals surface area contributed by atoms with Crippen molar-refractivity contribution < 1.29 is 15.0 Å². The number of hydrogen-bond donors (Lipinski definition) is 3. The molecule has 0 aliphatic heterocycles. The zero-order valence-electron chi connectivity index (χ0n) is 9.84. The van der Waals surface area contributed by atoms with Crippen molar-refractivity contribution in [1.29, 1.82) is 0 Å². The second-order valence-electron chi connectivity index (χ2n) is 3.49. The van der Waals surface area contributed by atoms with Crippen LogP contribution >= 0.6 is 0 Å². The number of aliphatic hydroxyl groups is 1. The highest BCUT2D eigenvalue weighted by Gasteiger charge is 2.11. The predicted molar refractivity (Wildman–Crippen MR) is 60.2 cm³/mol. The van der Waals surface area contributed by atoms with E-state index in [0.29, 0.717) is 6.42 Å². The fraction of sp³-hybridized carbons (Fsp3) is 0.600. The van der Waals surface area contributed by atoms with Gasteiger partial charge in [-0.2, -0.15) is 0 Å². The summed E-state index contributed by atoms with van der Waals surface area (Å²) in [5, 5.41) is 16.7. The molecule has 1 aromatic heterocycles. The molecule has 3 N–H and O–H groups in total. The van der Waals surface area contributed by atoms with Crippen molar-refractivity contribution in [3.8, 4) is 0 Å². The molecule has 0 aliphatic carbocycles. The van der Waals surface area contributed by atoms with E-state index < -0.39 is 5.97 Å². The highest BCUT2D eigenvalue weighted by molar-refractivity contribution is 5.72. The fourth-order valence-corrected chi connectivity index (χ4v) is 0.761. The van der Waals surface area contributed by atoms with E-state index in [0.717, 1.165) is 5.82 Å². The Bertz CT molecular complexity index is 286. The molecule has 0 spiro atoms. The highest BCUT2D eigenvalue weighted by Crippen LogP contribution is 1.88. The molecular formula is C10H19N3O3. The smallest absolute Gasteiger partial charge is 0.320 e.